The van der Waals surface area contributed by atoms with Gasteiger partial charge in [-0.25, -0.2) is 14.2 Å². The van der Waals surface area contributed by atoms with Crippen LogP contribution in [0.4, 0.5) is 9.18 Å². The Morgan fingerprint density at radius 1 is 1.32 bits per heavy atom. The molecule has 116 valence electrons. The van der Waals surface area contributed by atoms with Crippen molar-refractivity contribution in [3.8, 4) is 11.6 Å². The number of urea groups is 1. The van der Waals surface area contributed by atoms with Gasteiger partial charge in [0.25, 0.3) is 0 Å². The van der Waals surface area contributed by atoms with Gasteiger partial charge < -0.3 is 15.4 Å². The fourth-order valence-corrected chi connectivity index (χ4v) is 1.78. The van der Waals surface area contributed by atoms with Crippen LogP contribution in [0.15, 0.2) is 42.6 Å². The lowest BCUT2D eigenvalue weighted by atomic mass is 10.2. The van der Waals surface area contributed by atoms with E-state index in [4.69, 9.17) is 4.74 Å². The van der Waals surface area contributed by atoms with Gasteiger partial charge in [-0.1, -0.05) is 12.1 Å². The Bertz CT molecular complexity index is 647. The van der Waals surface area contributed by atoms with Gasteiger partial charge in [-0.2, -0.15) is 0 Å². The summed E-state index contributed by atoms with van der Waals surface area (Å²) in [7, 11) is 0. The summed E-state index contributed by atoms with van der Waals surface area (Å²) in [5.74, 6) is 0.300. The zero-order valence-corrected chi connectivity index (χ0v) is 12.5. The Balaban J connectivity index is 2.05. The number of hydrogen-bond donors (Lipinski definition) is 2. The van der Waals surface area contributed by atoms with Crippen LogP contribution in [0.25, 0.3) is 0 Å². The standard InChI is InChI=1S/C16H18FN3O2/c1-11(2)20-16(21)19-10-12-5-4-8-18-15(12)22-14-7-3-6-13(17)9-14/h3-9,11H,10H2,1-2H3,(H2,19,20,21). The van der Waals surface area contributed by atoms with E-state index in [1.807, 2.05) is 13.8 Å². The molecule has 2 aromatic rings. The van der Waals surface area contributed by atoms with E-state index in [0.717, 1.165) is 0 Å². The molecule has 1 aromatic carbocycles. The van der Waals surface area contributed by atoms with Crippen molar-refractivity contribution in [2.24, 2.45) is 0 Å². The summed E-state index contributed by atoms with van der Waals surface area (Å²) in [5.41, 5.74) is 0.700. The van der Waals surface area contributed by atoms with Crippen LogP contribution in [-0.4, -0.2) is 17.1 Å². The number of carbonyl (C=O) groups excluding carboxylic acids is 1. The van der Waals surface area contributed by atoms with Gasteiger partial charge in [-0.15, -0.1) is 0 Å². The fraction of sp³-hybridized carbons (Fsp3) is 0.250. The first-order valence-corrected chi connectivity index (χ1v) is 6.96. The normalized spacial score (nSPS) is 10.4. The molecule has 0 aliphatic heterocycles. The fourth-order valence-electron chi connectivity index (χ4n) is 1.78. The number of pyridine rings is 1. The van der Waals surface area contributed by atoms with Crippen molar-refractivity contribution in [3.63, 3.8) is 0 Å². The summed E-state index contributed by atoms with van der Waals surface area (Å²) < 4.78 is 18.8. The third-order valence-electron chi connectivity index (χ3n) is 2.72. The monoisotopic (exact) mass is 303 g/mol. The Labute approximate surface area is 128 Å². The smallest absolute Gasteiger partial charge is 0.315 e. The number of nitrogens with one attached hydrogen (secondary N) is 2. The minimum Gasteiger partial charge on any atom is -0.439 e. The van der Waals surface area contributed by atoms with Crippen molar-refractivity contribution in [1.29, 1.82) is 0 Å². The van der Waals surface area contributed by atoms with Crippen LogP contribution in [-0.2, 0) is 6.54 Å². The van der Waals surface area contributed by atoms with E-state index in [0.29, 0.717) is 17.2 Å². The minimum absolute atomic E-state index is 0.0527. The van der Waals surface area contributed by atoms with Gasteiger partial charge in [0.15, 0.2) is 0 Å². The predicted octanol–water partition coefficient (Wildman–Crippen LogP) is 3.22. The number of aromatic nitrogens is 1. The van der Waals surface area contributed by atoms with Gasteiger partial charge >= 0.3 is 6.03 Å². The minimum atomic E-state index is -0.385. The molecule has 5 nitrogen and oxygen atoms in total. The molecular weight excluding hydrogens is 285 g/mol. The summed E-state index contributed by atoms with van der Waals surface area (Å²) in [6.45, 7) is 4.02. The Kier molecular flexibility index (Phi) is 5.30. The largest absolute Gasteiger partial charge is 0.439 e. The van der Waals surface area contributed by atoms with Crippen molar-refractivity contribution >= 4 is 6.03 Å². The van der Waals surface area contributed by atoms with Gasteiger partial charge in [0, 0.05) is 30.4 Å². The molecule has 0 unspecified atom stereocenters. The molecule has 22 heavy (non-hydrogen) atoms. The van der Waals surface area contributed by atoms with E-state index in [1.165, 1.54) is 12.1 Å². The van der Waals surface area contributed by atoms with Gasteiger partial charge in [0.05, 0.1) is 0 Å². The van der Waals surface area contributed by atoms with Crippen LogP contribution in [0.3, 0.4) is 0 Å². The van der Waals surface area contributed by atoms with Crippen LogP contribution in [0.5, 0.6) is 11.6 Å². The lowest BCUT2D eigenvalue weighted by Gasteiger charge is -2.12. The summed E-state index contributed by atoms with van der Waals surface area (Å²) in [6, 6.07) is 9.13. The van der Waals surface area contributed by atoms with Gasteiger partial charge in [0.1, 0.15) is 11.6 Å². The molecular formula is C16H18FN3O2. The second-order valence-corrected chi connectivity index (χ2v) is 5.01. The molecule has 2 amide bonds. The maximum absolute atomic E-state index is 13.2. The van der Waals surface area contributed by atoms with Crippen LogP contribution < -0.4 is 15.4 Å². The molecule has 0 saturated carbocycles. The van der Waals surface area contributed by atoms with E-state index in [1.54, 1.807) is 30.5 Å². The summed E-state index contributed by atoms with van der Waals surface area (Å²) in [5, 5.41) is 5.45. The SMILES string of the molecule is CC(C)NC(=O)NCc1cccnc1Oc1cccc(F)c1. The number of halogens is 1. The van der Waals surface area contributed by atoms with Crippen molar-refractivity contribution in [2.75, 3.05) is 0 Å². The molecule has 0 atom stereocenters. The molecule has 0 bridgehead atoms. The average molecular weight is 303 g/mol. The van der Waals surface area contributed by atoms with Crippen molar-refractivity contribution in [1.82, 2.24) is 15.6 Å². The molecule has 0 spiro atoms. The average Bonchev–Trinajstić information content (AvgIpc) is 2.46. The summed E-state index contributed by atoms with van der Waals surface area (Å²) in [6.07, 6.45) is 1.58. The number of carbonyl (C=O) groups is 1. The van der Waals surface area contributed by atoms with E-state index < -0.39 is 0 Å². The zero-order chi connectivity index (χ0) is 15.9. The Hall–Kier alpha value is -2.63. The molecule has 1 heterocycles. The molecule has 1 aromatic heterocycles. The van der Waals surface area contributed by atoms with E-state index >= 15 is 0 Å². The maximum atomic E-state index is 13.2. The number of rotatable bonds is 5. The molecule has 0 aliphatic carbocycles. The second-order valence-electron chi connectivity index (χ2n) is 5.01. The molecule has 0 saturated heterocycles. The zero-order valence-electron chi connectivity index (χ0n) is 12.5. The first-order chi connectivity index (χ1) is 10.5. The van der Waals surface area contributed by atoms with E-state index in [9.17, 15) is 9.18 Å². The van der Waals surface area contributed by atoms with Crippen LogP contribution in [0.2, 0.25) is 0 Å². The lowest BCUT2D eigenvalue weighted by molar-refractivity contribution is 0.238. The lowest BCUT2D eigenvalue weighted by Crippen LogP contribution is -2.39. The summed E-state index contributed by atoms with van der Waals surface area (Å²) >= 11 is 0. The van der Waals surface area contributed by atoms with Gasteiger partial charge in [0.2, 0.25) is 5.88 Å². The number of amides is 2. The summed E-state index contributed by atoms with van der Waals surface area (Å²) in [4.78, 5) is 15.7. The van der Waals surface area contributed by atoms with Gasteiger partial charge in [-0.3, -0.25) is 0 Å². The Morgan fingerprint density at radius 2 is 2.14 bits per heavy atom. The van der Waals surface area contributed by atoms with Crippen molar-refractivity contribution < 1.29 is 13.9 Å². The highest BCUT2D eigenvalue weighted by atomic mass is 19.1. The molecule has 0 aliphatic rings. The van der Waals surface area contributed by atoms with Crippen molar-refractivity contribution in [3.05, 3.63) is 54.0 Å². The highest BCUT2D eigenvalue weighted by Crippen LogP contribution is 2.23. The van der Waals surface area contributed by atoms with Crippen LogP contribution in [0.1, 0.15) is 19.4 Å². The third kappa shape index (κ3) is 4.73. The quantitative estimate of drug-likeness (QED) is 0.891. The van der Waals surface area contributed by atoms with E-state index in [2.05, 4.69) is 15.6 Å². The first kappa shape index (κ1) is 15.8. The highest BCUT2D eigenvalue weighted by Gasteiger charge is 2.09. The molecule has 6 heteroatoms. The second kappa shape index (κ2) is 7.40. The molecule has 0 radical (unpaired) electrons. The number of benzene rings is 1. The topological polar surface area (TPSA) is 63.2 Å². The Morgan fingerprint density at radius 3 is 2.86 bits per heavy atom. The van der Waals surface area contributed by atoms with E-state index in [-0.39, 0.29) is 24.4 Å². The van der Waals surface area contributed by atoms with Crippen LogP contribution in [0, 0.1) is 5.82 Å². The predicted molar refractivity (Wildman–Crippen MR) is 81.2 cm³/mol. The first-order valence-electron chi connectivity index (χ1n) is 6.96. The molecule has 0 fully saturated rings. The molecule has 2 N–H and O–H groups in total. The number of nitrogens with zero attached hydrogens (tertiary/aromatic N) is 1. The third-order valence-corrected chi connectivity index (χ3v) is 2.72. The van der Waals surface area contributed by atoms with Crippen LogP contribution >= 0.6 is 0 Å². The highest BCUT2D eigenvalue weighted by molar-refractivity contribution is 5.74. The number of hydrogen-bond acceptors (Lipinski definition) is 3. The molecule has 2 rings (SSSR count). The van der Waals surface area contributed by atoms with Gasteiger partial charge in [-0.05, 0) is 32.0 Å². The van der Waals surface area contributed by atoms with Crippen molar-refractivity contribution in [2.45, 2.75) is 26.4 Å². The number of ether oxygens (including phenoxy) is 1. The maximum Gasteiger partial charge on any atom is 0.315 e.